The quantitative estimate of drug-likeness (QED) is 0.256. The van der Waals surface area contributed by atoms with Crippen LogP contribution in [0, 0.1) is 0 Å². The van der Waals surface area contributed by atoms with E-state index in [-0.39, 0.29) is 0 Å². The number of aromatic amines is 1. The van der Waals surface area contributed by atoms with Gasteiger partial charge in [0.1, 0.15) is 17.2 Å². The van der Waals surface area contributed by atoms with Crippen LogP contribution in [0.3, 0.4) is 0 Å². The molecule has 3 N–H and O–H groups in total. The Balaban J connectivity index is 1.65. The number of fused-ring (bicyclic) bond motifs is 2. The molecule has 1 heterocycles. The Hall–Kier alpha value is -3.76. The standard InChI is InChI=1S/C29H28N2O2/c1-32-28-18-21-10-6-5-9-20(21)17-26(28)29-24(13-7-8-16-30)25-19-23(14-15-27(25)31-29)33-22-11-3-2-4-12-22/h2-6,9-12,14-15,17-19,31H,7-8,13,16,30H2,1H3. The second kappa shape index (κ2) is 9.39. The number of benzene rings is 4. The minimum Gasteiger partial charge on any atom is -0.496 e. The molecule has 0 bridgehead atoms. The number of para-hydroxylation sites is 1. The first kappa shape index (κ1) is 21.1. The molecule has 0 aliphatic heterocycles. The highest BCUT2D eigenvalue weighted by Gasteiger charge is 2.18. The number of H-pyrrole nitrogens is 1. The van der Waals surface area contributed by atoms with Gasteiger partial charge in [-0.05, 0) is 84.6 Å². The summed E-state index contributed by atoms with van der Waals surface area (Å²) < 4.78 is 11.9. The van der Waals surface area contributed by atoms with Crippen LogP contribution in [0.2, 0.25) is 0 Å². The maximum Gasteiger partial charge on any atom is 0.128 e. The van der Waals surface area contributed by atoms with E-state index in [1.54, 1.807) is 7.11 Å². The lowest BCUT2D eigenvalue weighted by Gasteiger charge is -2.12. The van der Waals surface area contributed by atoms with E-state index in [0.717, 1.165) is 58.7 Å². The van der Waals surface area contributed by atoms with Crippen molar-refractivity contribution < 1.29 is 9.47 Å². The summed E-state index contributed by atoms with van der Waals surface area (Å²) in [6.45, 7) is 0.694. The van der Waals surface area contributed by atoms with Gasteiger partial charge in [-0.2, -0.15) is 0 Å². The Morgan fingerprint density at radius 1 is 0.788 bits per heavy atom. The second-order valence-electron chi connectivity index (χ2n) is 8.25. The molecule has 0 aliphatic carbocycles. The number of hydrogen-bond acceptors (Lipinski definition) is 3. The highest BCUT2D eigenvalue weighted by molar-refractivity contribution is 5.96. The third kappa shape index (κ3) is 4.30. The molecule has 0 amide bonds. The lowest BCUT2D eigenvalue weighted by molar-refractivity contribution is 0.417. The Bertz CT molecular complexity index is 1390. The summed E-state index contributed by atoms with van der Waals surface area (Å²) in [5.74, 6) is 2.51. The van der Waals surface area contributed by atoms with E-state index in [0.29, 0.717) is 6.54 Å². The van der Waals surface area contributed by atoms with Gasteiger partial charge in [0.25, 0.3) is 0 Å². The molecule has 0 fully saturated rings. The molecule has 0 aliphatic rings. The van der Waals surface area contributed by atoms with E-state index < -0.39 is 0 Å². The monoisotopic (exact) mass is 436 g/mol. The van der Waals surface area contributed by atoms with Gasteiger partial charge < -0.3 is 20.2 Å². The van der Waals surface area contributed by atoms with Gasteiger partial charge in [0.05, 0.1) is 12.8 Å². The number of unbranched alkanes of at least 4 members (excludes halogenated alkanes) is 1. The van der Waals surface area contributed by atoms with Gasteiger partial charge in [0.15, 0.2) is 0 Å². The first-order valence-corrected chi connectivity index (χ1v) is 11.4. The highest BCUT2D eigenvalue weighted by atomic mass is 16.5. The Morgan fingerprint density at radius 3 is 2.30 bits per heavy atom. The van der Waals surface area contributed by atoms with Crippen molar-refractivity contribution in [2.24, 2.45) is 5.73 Å². The lowest BCUT2D eigenvalue weighted by Crippen LogP contribution is -1.99. The van der Waals surface area contributed by atoms with E-state index in [9.17, 15) is 0 Å². The molecule has 5 rings (SSSR count). The van der Waals surface area contributed by atoms with Gasteiger partial charge in [-0.3, -0.25) is 0 Å². The third-order valence-electron chi connectivity index (χ3n) is 6.07. The summed E-state index contributed by atoms with van der Waals surface area (Å²) in [5.41, 5.74) is 10.3. The van der Waals surface area contributed by atoms with Gasteiger partial charge in [-0.15, -0.1) is 0 Å². The van der Waals surface area contributed by atoms with Gasteiger partial charge in [0.2, 0.25) is 0 Å². The van der Waals surface area contributed by atoms with Gasteiger partial charge in [-0.1, -0.05) is 42.5 Å². The molecule has 0 spiro atoms. The van der Waals surface area contributed by atoms with Gasteiger partial charge >= 0.3 is 0 Å². The molecule has 33 heavy (non-hydrogen) atoms. The molecule has 0 saturated heterocycles. The first-order valence-electron chi connectivity index (χ1n) is 11.4. The highest BCUT2D eigenvalue weighted by Crippen LogP contribution is 2.40. The summed E-state index contributed by atoms with van der Waals surface area (Å²) in [6.07, 6.45) is 2.94. The van der Waals surface area contributed by atoms with Crippen molar-refractivity contribution >= 4 is 21.7 Å². The largest absolute Gasteiger partial charge is 0.496 e. The average Bonchev–Trinajstić information content (AvgIpc) is 3.21. The first-order chi connectivity index (χ1) is 16.3. The summed E-state index contributed by atoms with van der Waals surface area (Å²) in [5, 5.41) is 3.52. The molecule has 0 atom stereocenters. The fourth-order valence-corrected chi connectivity index (χ4v) is 4.43. The van der Waals surface area contributed by atoms with Crippen LogP contribution in [0.1, 0.15) is 18.4 Å². The Labute approximate surface area is 194 Å². The maximum absolute atomic E-state index is 6.13. The van der Waals surface area contributed by atoms with Crippen LogP contribution in [-0.2, 0) is 6.42 Å². The minimum atomic E-state index is 0.694. The van der Waals surface area contributed by atoms with Crippen LogP contribution in [0.4, 0.5) is 0 Å². The Morgan fingerprint density at radius 2 is 1.55 bits per heavy atom. The number of aromatic nitrogens is 1. The van der Waals surface area contributed by atoms with Crippen molar-refractivity contribution in [2.75, 3.05) is 13.7 Å². The fraction of sp³-hybridized carbons (Fsp3) is 0.172. The zero-order valence-electron chi connectivity index (χ0n) is 18.8. The zero-order valence-corrected chi connectivity index (χ0v) is 18.8. The van der Waals surface area contributed by atoms with Crippen molar-refractivity contribution in [1.29, 1.82) is 0 Å². The molecular weight excluding hydrogens is 408 g/mol. The topological polar surface area (TPSA) is 60.3 Å². The average molecular weight is 437 g/mol. The summed E-state index contributed by atoms with van der Waals surface area (Å²) in [7, 11) is 1.73. The van der Waals surface area contributed by atoms with E-state index >= 15 is 0 Å². The maximum atomic E-state index is 6.13. The molecule has 4 heteroatoms. The van der Waals surface area contributed by atoms with Crippen molar-refractivity contribution in [3.05, 3.63) is 90.5 Å². The van der Waals surface area contributed by atoms with E-state index in [2.05, 4.69) is 53.5 Å². The molecule has 4 nitrogen and oxygen atoms in total. The van der Waals surface area contributed by atoms with E-state index in [1.165, 1.54) is 16.3 Å². The lowest BCUT2D eigenvalue weighted by atomic mass is 9.97. The second-order valence-corrected chi connectivity index (χ2v) is 8.25. The van der Waals surface area contributed by atoms with E-state index in [4.69, 9.17) is 15.2 Å². The number of aryl methyl sites for hydroxylation is 1. The number of rotatable bonds is 8. The predicted octanol–water partition coefficient (Wildman–Crippen LogP) is 7.07. The molecule has 0 unspecified atom stereocenters. The molecule has 5 aromatic rings. The fourth-order valence-electron chi connectivity index (χ4n) is 4.43. The SMILES string of the molecule is COc1cc2ccccc2cc1-c1[nH]c2ccc(Oc3ccccc3)cc2c1CCCCN. The smallest absolute Gasteiger partial charge is 0.128 e. The number of nitrogens with one attached hydrogen (secondary N) is 1. The molecule has 4 aromatic carbocycles. The van der Waals surface area contributed by atoms with Crippen LogP contribution in [0.5, 0.6) is 17.2 Å². The van der Waals surface area contributed by atoms with Gasteiger partial charge in [0, 0.05) is 16.5 Å². The summed E-state index contributed by atoms with van der Waals surface area (Å²) in [4.78, 5) is 3.67. The minimum absolute atomic E-state index is 0.694. The number of nitrogens with two attached hydrogens (primary N) is 1. The van der Waals surface area contributed by atoms with Crippen LogP contribution in [0.15, 0.2) is 84.9 Å². The van der Waals surface area contributed by atoms with Crippen LogP contribution in [0.25, 0.3) is 32.9 Å². The normalized spacial score (nSPS) is 11.2. The van der Waals surface area contributed by atoms with Crippen molar-refractivity contribution in [1.82, 2.24) is 4.98 Å². The van der Waals surface area contributed by atoms with Crippen molar-refractivity contribution in [3.63, 3.8) is 0 Å². The Kier molecular flexibility index (Phi) is 6.01. The molecule has 166 valence electrons. The number of hydrogen-bond donors (Lipinski definition) is 2. The number of ether oxygens (including phenoxy) is 2. The predicted molar refractivity (Wildman–Crippen MR) is 136 cm³/mol. The summed E-state index contributed by atoms with van der Waals surface area (Å²) >= 11 is 0. The van der Waals surface area contributed by atoms with E-state index in [1.807, 2.05) is 36.4 Å². The van der Waals surface area contributed by atoms with Crippen LogP contribution < -0.4 is 15.2 Å². The molecule has 0 radical (unpaired) electrons. The van der Waals surface area contributed by atoms with Crippen LogP contribution in [-0.4, -0.2) is 18.6 Å². The van der Waals surface area contributed by atoms with Crippen molar-refractivity contribution in [2.45, 2.75) is 19.3 Å². The third-order valence-corrected chi connectivity index (χ3v) is 6.07. The molecular formula is C29H28N2O2. The number of methoxy groups -OCH3 is 1. The molecule has 0 saturated carbocycles. The van der Waals surface area contributed by atoms with Crippen molar-refractivity contribution in [3.8, 4) is 28.5 Å². The molecule has 1 aromatic heterocycles. The van der Waals surface area contributed by atoms with Crippen LogP contribution >= 0.6 is 0 Å². The van der Waals surface area contributed by atoms with Gasteiger partial charge in [-0.25, -0.2) is 0 Å². The summed E-state index contributed by atoms with van der Waals surface area (Å²) in [6, 6.07) is 28.8. The zero-order chi connectivity index (χ0) is 22.6.